The molecule has 1 aromatic heterocycles. The van der Waals surface area contributed by atoms with Crippen molar-refractivity contribution in [3.8, 4) is 0 Å². The Morgan fingerprint density at radius 2 is 1.91 bits per heavy atom. The highest BCUT2D eigenvalue weighted by Crippen LogP contribution is 2.27. The van der Waals surface area contributed by atoms with Crippen molar-refractivity contribution in [1.82, 2.24) is 5.16 Å². The van der Waals surface area contributed by atoms with Gasteiger partial charge in [0.25, 0.3) is 0 Å². The van der Waals surface area contributed by atoms with Crippen LogP contribution in [-0.4, -0.2) is 11.2 Å². The minimum atomic E-state index is 0.286. The van der Waals surface area contributed by atoms with Gasteiger partial charge in [-0.15, -0.1) is 0 Å². The van der Waals surface area contributed by atoms with Crippen molar-refractivity contribution in [3.05, 3.63) is 53.9 Å². The number of nitrogens with zero attached hydrogens (tertiary/aromatic N) is 1. The molecule has 2 unspecified atom stereocenters. The lowest BCUT2D eigenvalue weighted by Crippen LogP contribution is -2.23. The van der Waals surface area contributed by atoms with Crippen LogP contribution in [0.15, 0.2) is 47.2 Å². The summed E-state index contributed by atoms with van der Waals surface area (Å²) in [6, 6.07) is 13.0. The van der Waals surface area contributed by atoms with E-state index in [2.05, 4.69) is 42.4 Å². The third-order valence-electron chi connectivity index (χ3n) is 4.28. The second-order valence-corrected chi connectivity index (χ2v) is 6.13. The number of unbranched alkanes of at least 4 members (excludes halogenated alkanes) is 2. The first kappa shape index (κ1) is 16.8. The second kappa shape index (κ2) is 9.42. The molecule has 1 aromatic carbocycles. The monoisotopic (exact) mass is 300 g/mol. The minimum Gasteiger partial charge on any atom is -0.365 e. The van der Waals surface area contributed by atoms with E-state index in [0.717, 1.165) is 31.4 Å². The summed E-state index contributed by atoms with van der Waals surface area (Å²) in [5.74, 6) is 0.495. The lowest BCUT2D eigenvalue weighted by molar-refractivity contribution is 0.406. The third-order valence-corrected chi connectivity index (χ3v) is 4.28. The van der Waals surface area contributed by atoms with E-state index < -0.39 is 0 Å². The Kier molecular flexibility index (Phi) is 7.17. The molecule has 2 atom stereocenters. The van der Waals surface area contributed by atoms with E-state index in [0.29, 0.717) is 5.92 Å². The van der Waals surface area contributed by atoms with Crippen LogP contribution in [0.4, 0.5) is 0 Å². The highest BCUT2D eigenvalue weighted by Gasteiger charge is 2.16. The van der Waals surface area contributed by atoms with Gasteiger partial charge < -0.3 is 10.3 Å². The Balaban J connectivity index is 1.92. The lowest BCUT2D eigenvalue weighted by Gasteiger charge is -2.21. The zero-order valence-corrected chi connectivity index (χ0v) is 13.6. The molecule has 3 heteroatoms. The van der Waals surface area contributed by atoms with Gasteiger partial charge >= 0.3 is 0 Å². The van der Waals surface area contributed by atoms with Gasteiger partial charge in [-0.25, -0.2) is 0 Å². The van der Waals surface area contributed by atoms with E-state index in [1.54, 1.807) is 6.26 Å². The molecule has 0 amide bonds. The molecular weight excluding hydrogens is 272 g/mol. The van der Waals surface area contributed by atoms with Gasteiger partial charge in [0.1, 0.15) is 6.26 Å². The minimum absolute atomic E-state index is 0.286. The van der Waals surface area contributed by atoms with E-state index in [4.69, 9.17) is 10.3 Å². The molecule has 0 saturated heterocycles. The molecule has 120 valence electrons. The summed E-state index contributed by atoms with van der Waals surface area (Å²) in [7, 11) is 0. The van der Waals surface area contributed by atoms with Gasteiger partial charge in [0.05, 0.1) is 5.69 Å². The second-order valence-electron chi connectivity index (χ2n) is 6.13. The summed E-state index contributed by atoms with van der Waals surface area (Å²) >= 11 is 0. The molecule has 0 spiro atoms. The number of hydrogen-bond donors (Lipinski definition) is 1. The highest BCUT2D eigenvalue weighted by molar-refractivity contribution is 5.20. The van der Waals surface area contributed by atoms with E-state index in [1.165, 1.54) is 24.8 Å². The van der Waals surface area contributed by atoms with Gasteiger partial charge in [-0.3, -0.25) is 0 Å². The van der Waals surface area contributed by atoms with E-state index in [-0.39, 0.29) is 6.04 Å². The van der Waals surface area contributed by atoms with Crippen LogP contribution >= 0.6 is 0 Å². The molecule has 2 rings (SSSR count). The Bertz CT molecular complexity index is 495. The number of aryl methyl sites for hydroxylation is 1. The van der Waals surface area contributed by atoms with Gasteiger partial charge in [0.2, 0.25) is 0 Å². The Morgan fingerprint density at radius 1 is 1.09 bits per heavy atom. The van der Waals surface area contributed by atoms with Gasteiger partial charge in [0.15, 0.2) is 0 Å². The Morgan fingerprint density at radius 3 is 2.59 bits per heavy atom. The van der Waals surface area contributed by atoms with Crippen molar-refractivity contribution in [2.45, 2.75) is 63.8 Å². The maximum absolute atomic E-state index is 6.37. The van der Waals surface area contributed by atoms with Gasteiger partial charge in [-0.05, 0) is 37.2 Å². The number of nitrogens with two attached hydrogens (primary N) is 1. The van der Waals surface area contributed by atoms with Gasteiger partial charge in [-0.2, -0.15) is 0 Å². The molecule has 0 fully saturated rings. The predicted molar refractivity (Wildman–Crippen MR) is 90.7 cm³/mol. The summed E-state index contributed by atoms with van der Waals surface area (Å²) in [6.45, 7) is 2.23. The molecule has 2 aromatic rings. The van der Waals surface area contributed by atoms with Crippen molar-refractivity contribution in [2.24, 2.45) is 5.73 Å². The van der Waals surface area contributed by atoms with Crippen LogP contribution in [0, 0.1) is 0 Å². The lowest BCUT2D eigenvalue weighted by atomic mass is 9.86. The van der Waals surface area contributed by atoms with Gasteiger partial charge in [0, 0.05) is 12.1 Å². The summed E-state index contributed by atoms with van der Waals surface area (Å²) in [5, 5.41) is 4.02. The molecule has 1 heterocycles. The summed E-state index contributed by atoms with van der Waals surface area (Å²) < 4.78 is 4.92. The molecule has 0 aliphatic rings. The average Bonchev–Trinajstić information content (AvgIpc) is 3.06. The molecule has 0 aliphatic heterocycles. The number of benzene rings is 1. The summed E-state index contributed by atoms with van der Waals surface area (Å²) in [6.07, 6.45) is 9.60. The van der Waals surface area contributed by atoms with Crippen LogP contribution in [0.5, 0.6) is 0 Å². The topological polar surface area (TPSA) is 52.0 Å². The molecule has 0 aliphatic carbocycles. The normalized spacial score (nSPS) is 13.9. The van der Waals surface area contributed by atoms with Crippen molar-refractivity contribution >= 4 is 0 Å². The number of aromatic nitrogens is 1. The predicted octanol–water partition coefficient (Wildman–Crippen LogP) is 4.69. The van der Waals surface area contributed by atoms with Crippen LogP contribution in [-0.2, 0) is 6.42 Å². The van der Waals surface area contributed by atoms with Gasteiger partial charge in [-0.1, -0.05) is 61.7 Å². The van der Waals surface area contributed by atoms with Crippen molar-refractivity contribution in [3.63, 3.8) is 0 Å². The Hall–Kier alpha value is -1.61. The molecule has 22 heavy (non-hydrogen) atoms. The highest BCUT2D eigenvalue weighted by atomic mass is 16.5. The zero-order valence-electron chi connectivity index (χ0n) is 13.6. The standard InChI is InChI=1S/C19H28N2O/c1-2-3-5-10-18(20)15-17(16-8-6-4-7-9-16)11-12-19-13-14-22-21-19/h4,6-9,13-14,17-18H,2-3,5,10-12,15,20H2,1H3. The molecule has 2 N–H and O–H groups in total. The molecule has 0 bridgehead atoms. The van der Waals surface area contributed by atoms with Crippen LogP contribution in [0.1, 0.15) is 62.6 Å². The van der Waals surface area contributed by atoms with E-state index in [1.807, 2.05) is 6.07 Å². The fourth-order valence-corrected chi connectivity index (χ4v) is 2.97. The molecule has 0 saturated carbocycles. The van der Waals surface area contributed by atoms with Crippen molar-refractivity contribution < 1.29 is 4.52 Å². The number of hydrogen-bond acceptors (Lipinski definition) is 3. The maximum atomic E-state index is 6.37. The average molecular weight is 300 g/mol. The van der Waals surface area contributed by atoms with Crippen LogP contribution in [0.3, 0.4) is 0 Å². The van der Waals surface area contributed by atoms with E-state index >= 15 is 0 Å². The first-order valence-electron chi connectivity index (χ1n) is 8.49. The Labute approximate surface area is 133 Å². The third kappa shape index (κ3) is 5.64. The first-order chi connectivity index (χ1) is 10.8. The maximum Gasteiger partial charge on any atom is 0.124 e. The zero-order chi connectivity index (χ0) is 15.6. The van der Waals surface area contributed by atoms with Crippen molar-refractivity contribution in [2.75, 3.05) is 0 Å². The van der Waals surface area contributed by atoms with Crippen molar-refractivity contribution in [1.29, 1.82) is 0 Å². The summed E-state index contributed by atoms with van der Waals surface area (Å²) in [5.41, 5.74) is 8.78. The quantitative estimate of drug-likeness (QED) is 0.648. The largest absolute Gasteiger partial charge is 0.365 e. The van der Waals surface area contributed by atoms with E-state index in [9.17, 15) is 0 Å². The fraction of sp³-hybridized carbons (Fsp3) is 0.526. The first-order valence-corrected chi connectivity index (χ1v) is 8.49. The molecular formula is C19H28N2O. The number of rotatable bonds is 10. The van der Waals surface area contributed by atoms with Crippen LogP contribution in [0.2, 0.25) is 0 Å². The summed E-state index contributed by atoms with van der Waals surface area (Å²) in [4.78, 5) is 0. The smallest absolute Gasteiger partial charge is 0.124 e. The molecule has 0 radical (unpaired) electrons. The molecule has 3 nitrogen and oxygen atoms in total. The SMILES string of the molecule is CCCCCC(N)CC(CCc1ccon1)c1ccccc1. The van der Waals surface area contributed by atoms with Crippen LogP contribution < -0.4 is 5.73 Å². The van der Waals surface area contributed by atoms with Crippen LogP contribution in [0.25, 0.3) is 0 Å². The fourth-order valence-electron chi connectivity index (χ4n) is 2.97.